The average Bonchev–Trinajstić information content (AvgIpc) is 2.92. The first-order chi connectivity index (χ1) is 15.8. The zero-order valence-corrected chi connectivity index (χ0v) is 20.3. The van der Waals surface area contributed by atoms with Gasteiger partial charge >= 0.3 is 0 Å². The standard InChI is InChI=1S/C27H29N3O2S/c1-19-9-11-20(12-10-19)17-30-25(31)23-7-5-6-8-24(23)33-18-27(30,2)26(32)28-21-13-15-22(16-14-21)29(3)4/h5-16H,17-18H2,1-4H3,(H,28,32)/t27-/m1/s1. The monoisotopic (exact) mass is 459 g/mol. The Hall–Kier alpha value is -3.25. The van der Waals surface area contributed by atoms with Crippen LogP contribution in [0.15, 0.2) is 77.7 Å². The number of thioether (sulfide) groups is 1. The Labute approximate surface area is 199 Å². The fourth-order valence-corrected chi connectivity index (χ4v) is 5.06. The van der Waals surface area contributed by atoms with Crippen LogP contribution in [-0.2, 0) is 11.3 Å². The molecule has 1 atom stereocenters. The molecule has 3 aromatic carbocycles. The number of anilines is 2. The number of carbonyl (C=O) groups is 2. The van der Waals surface area contributed by atoms with Gasteiger partial charge in [0, 0.05) is 42.7 Å². The van der Waals surface area contributed by atoms with E-state index in [9.17, 15) is 9.59 Å². The van der Waals surface area contributed by atoms with E-state index in [-0.39, 0.29) is 11.8 Å². The first-order valence-corrected chi connectivity index (χ1v) is 11.9. The van der Waals surface area contributed by atoms with Crippen LogP contribution >= 0.6 is 11.8 Å². The summed E-state index contributed by atoms with van der Waals surface area (Å²) in [4.78, 5) is 32.0. The molecule has 0 radical (unpaired) electrons. The van der Waals surface area contributed by atoms with Gasteiger partial charge in [0.2, 0.25) is 0 Å². The molecular weight excluding hydrogens is 430 g/mol. The average molecular weight is 460 g/mol. The van der Waals surface area contributed by atoms with Gasteiger partial charge in [-0.05, 0) is 55.8 Å². The molecule has 0 aromatic heterocycles. The predicted octanol–water partition coefficient (Wildman–Crippen LogP) is 5.21. The van der Waals surface area contributed by atoms with Gasteiger partial charge in [-0.15, -0.1) is 11.8 Å². The van der Waals surface area contributed by atoms with Gasteiger partial charge in [0.25, 0.3) is 11.8 Å². The number of aryl methyl sites for hydroxylation is 1. The number of hydrogen-bond donors (Lipinski definition) is 1. The molecule has 1 aliphatic rings. The fraction of sp³-hybridized carbons (Fsp3) is 0.259. The van der Waals surface area contributed by atoms with Gasteiger partial charge in [-0.2, -0.15) is 0 Å². The lowest BCUT2D eigenvalue weighted by Crippen LogP contribution is -2.57. The molecule has 0 bridgehead atoms. The SMILES string of the molecule is Cc1ccc(CN2C(=O)c3ccccc3SC[C@]2(C)C(=O)Nc2ccc(N(C)C)cc2)cc1. The number of nitrogens with zero attached hydrogens (tertiary/aromatic N) is 2. The van der Waals surface area contributed by atoms with Gasteiger partial charge < -0.3 is 15.1 Å². The zero-order chi connectivity index (χ0) is 23.6. The summed E-state index contributed by atoms with van der Waals surface area (Å²) in [6.07, 6.45) is 0. The maximum absolute atomic E-state index is 13.7. The highest BCUT2D eigenvalue weighted by molar-refractivity contribution is 7.99. The summed E-state index contributed by atoms with van der Waals surface area (Å²) in [6, 6.07) is 23.4. The van der Waals surface area contributed by atoms with Crippen molar-refractivity contribution in [1.82, 2.24) is 4.90 Å². The fourth-order valence-electron chi connectivity index (χ4n) is 3.85. The van der Waals surface area contributed by atoms with Gasteiger partial charge in [-0.1, -0.05) is 42.0 Å². The van der Waals surface area contributed by atoms with Crippen molar-refractivity contribution in [1.29, 1.82) is 0 Å². The van der Waals surface area contributed by atoms with Crippen LogP contribution in [0.25, 0.3) is 0 Å². The Morgan fingerprint density at radius 1 is 1.03 bits per heavy atom. The quantitative estimate of drug-likeness (QED) is 0.569. The van der Waals surface area contributed by atoms with Gasteiger partial charge in [-0.3, -0.25) is 9.59 Å². The minimum atomic E-state index is -1.04. The van der Waals surface area contributed by atoms with Crippen LogP contribution in [0.3, 0.4) is 0 Å². The van der Waals surface area contributed by atoms with Crippen LogP contribution < -0.4 is 10.2 Å². The van der Waals surface area contributed by atoms with Crippen LogP contribution in [0.4, 0.5) is 11.4 Å². The highest BCUT2D eigenvalue weighted by atomic mass is 32.2. The molecular formula is C27H29N3O2S. The van der Waals surface area contributed by atoms with Crippen LogP contribution in [-0.4, -0.2) is 42.1 Å². The third kappa shape index (κ3) is 4.76. The summed E-state index contributed by atoms with van der Waals surface area (Å²) in [5, 5.41) is 3.05. The number of benzene rings is 3. The molecule has 170 valence electrons. The number of rotatable bonds is 5. The van der Waals surface area contributed by atoms with Crippen molar-refractivity contribution >= 4 is 35.0 Å². The molecule has 6 heteroatoms. The van der Waals surface area contributed by atoms with E-state index in [1.54, 1.807) is 16.7 Å². The van der Waals surface area contributed by atoms with Gasteiger partial charge in [0.1, 0.15) is 5.54 Å². The molecule has 2 amide bonds. The predicted molar refractivity (Wildman–Crippen MR) is 136 cm³/mol. The molecule has 0 aliphatic carbocycles. The van der Waals surface area contributed by atoms with E-state index in [0.717, 1.165) is 21.7 Å². The molecule has 0 fully saturated rings. The summed E-state index contributed by atoms with van der Waals surface area (Å²) in [6.45, 7) is 4.26. The van der Waals surface area contributed by atoms with E-state index in [1.165, 1.54) is 0 Å². The Morgan fingerprint density at radius 3 is 2.36 bits per heavy atom. The zero-order valence-electron chi connectivity index (χ0n) is 19.5. The van der Waals surface area contributed by atoms with E-state index < -0.39 is 5.54 Å². The minimum Gasteiger partial charge on any atom is -0.378 e. The van der Waals surface area contributed by atoms with E-state index in [4.69, 9.17) is 0 Å². The first kappa shape index (κ1) is 22.9. The van der Waals surface area contributed by atoms with Crippen molar-refractivity contribution in [2.24, 2.45) is 0 Å². The highest BCUT2D eigenvalue weighted by Gasteiger charge is 2.45. The summed E-state index contributed by atoms with van der Waals surface area (Å²) >= 11 is 1.55. The molecule has 3 aromatic rings. The highest BCUT2D eigenvalue weighted by Crippen LogP contribution is 2.36. The summed E-state index contributed by atoms with van der Waals surface area (Å²) < 4.78 is 0. The smallest absolute Gasteiger partial charge is 0.256 e. The normalized spacial score (nSPS) is 17.8. The molecule has 33 heavy (non-hydrogen) atoms. The number of amides is 2. The maximum atomic E-state index is 13.7. The molecule has 0 unspecified atom stereocenters. The van der Waals surface area contributed by atoms with E-state index >= 15 is 0 Å². The molecule has 0 saturated carbocycles. The molecule has 1 aliphatic heterocycles. The van der Waals surface area contributed by atoms with Crippen LogP contribution in [0.5, 0.6) is 0 Å². The second kappa shape index (κ2) is 9.32. The molecule has 4 rings (SSSR count). The van der Waals surface area contributed by atoms with Crippen molar-refractivity contribution < 1.29 is 9.59 Å². The lowest BCUT2D eigenvalue weighted by atomic mass is 9.97. The van der Waals surface area contributed by atoms with Crippen LogP contribution in [0.1, 0.15) is 28.4 Å². The van der Waals surface area contributed by atoms with Gasteiger partial charge in [0.15, 0.2) is 0 Å². The Bertz CT molecular complexity index is 1160. The van der Waals surface area contributed by atoms with E-state index in [0.29, 0.717) is 23.5 Å². The topological polar surface area (TPSA) is 52.7 Å². The van der Waals surface area contributed by atoms with Crippen molar-refractivity contribution in [3.05, 3.63) is 89.5 Å². The molecule has 5 nitrogen and oxygen atoms in total. The summed E-state index contributed by atoms with van der Waals surface area (Å²) in [5.41, 5.74) is 3.51. The van der Waals surface area contributed by atoms with Crippen molar-refractivity contribution in [3.63, 3.8) is 0 Å². The van der Waals surface area contributed by atoms with Gasteiger partial charge in [0.05, 0.1) is 5.56 Å². The number of hydrogen-bond acceptors (Lipinski definition) is 4. The number of carbonyl (C=O) groups excluding carboxylic acids is 2. The second-order valence-corrected chi connectivity index (χ2v) is 9.85. The lowest BCUT2D eigenvalue weighted by Gasteiger charge is -2.38. The van der Waals surface area contributed by atoms with E-state index in [2.05, 4.69) is 5.32 Å². The minimum absolute atomic E-state index is 0.128. The molecule has 1 heterocycles. The second-order valence-electron chi connectivity index (χ2n) is 8.83. The Balaban J connectivity index is 1.68. The Morgan fingerprint density at radius 2 is 1.70 bits per heavy atom. The third-order valence-corrected chi connectivity index (χ3v) is 7.43. The maximum Gasteiger partial charge on any atom is 0.256 e. The van der Waals surface area contributed by atoms with Crippen molar-refractivity contribution in [3.8, 4) is 0 Å². The van der Waals surface area contributed by atoms with E-state index in [1.807, 2.05) is 106 Å². The first-order valence-electron chi connectivity index (χ1n) is 11.0. The van der Waals surface area contributed by atoms with Gasteiger partial charge in [-0.25, -0.2) is 0 Å². The summed E-state index contributed by atoms with van der Waals surface area (Å²) in [7, 11) is 3.95. The number of fused-ring (bicyclic) bond motifs is 1. The number of nitrogens with one attached hydrogen (secondary N) is 1. The lowest BCUT2D eigenvalue weighted by molar-refractivity contribution is -0.125. The van der Waals surface area contributed by atoms with Crippen molar-refractivity contribution in [2.75, 3.05) is 30.1 Å². The van der Waals surface area contributed by atoms with Crippen LogP contribution in [0, 0.1) is 6.92 Å². The molecule has 0 saturated heterocycles. The Kier molecular flexibility index (Phi) is 6.47. The molecule has 0 spiro atoms. The van der Waals surface area contributed by atoms with Crippen LogP contribution in [0.2, 0.25) is 0 Å². The summed E-state index contributed by atoms with van der Waals surface area (Å²) in [5.74, 6) is 0.140. The van der Waals surface area contributed by atoms with Crippen molar-refractivity contribution in [2.45, 2.75) is 30.8 Å². The third-order valence-electron chi connectivity index (χ3n) is 6.06. The molecule has 1 N–H and O–H groups in total. The largest absolute Gasteiger partial charge is 0.378 e.